The Kier molecular flexibility index (Phi) is 7.38. The topological polar surface area (TPSA) is 43.4 Å². The lowest BCUT2D eigenvalue weighted by Crippen LogP contribution is -2.08. The number of hydrogen-bond donors (Lipinski definition) is 0. The van der Waals surface area contributed by atoms with Gasteiger partial charge < -0.3 is 4.74 Å². The Morgan fingerprint density at radius 3 is 2.40 bits per heavy atom. The second kappa shape index (κ2) is 8.53. The van der Waals surface area contributed by atoms with Crippen LogP contribution < -0.4 is 4.74 Å². The Hall–Kier alpha value is -0.740. The molecule has 0 aliphatic heterocycles. The summed E-state index contributed by atoms with van der Waals surface area (Å²) in [6.45, 7) is 4.76. The molecule has 5 heteroatoms. The summed E-state index contributed by atoms with van der Waals surface area (Å²) in [7, 11) is 1.81. The van der Waals surface area contributed by atoms with Gasteiger partial charge in [-0.15, -0.1) is 0 Å². The van der Waals surface area contributed by atoms with Gasteiger partial charge in [-0.05, 0) is 42.9 Å². The zero-order chi connectivity index (χ0) is 15.0. The van der Waals surface area contributed by atoms with Crippen molar-refractivity contribution in [3.63, 3.8) is 0 Å². The van der Waals surface area contributed by atoms with Gasteiger partial charge in [0.1, 0.15) is 5.75 Å². The van der Waals surface area contributed by atoms with Crippen molar-refractivity contribution < 1.29 is 13.2 Å². The summed E-state index contributed by atoms with van der Waals surface area (Å²) in [5, 5.41) is 0. The Bertz CT molecular complexity index is 482. The molecule has 0 saturated carbocycles. The SMILES string of the molecule is CCCc1ccc(OCCC(C)CCS(=O)(=O)Cl)cc1. The van der Waals surface area contributed by atoms with E-state index in [0.717, 1.165) is 25.0 Å². The molecule has 1 atom stereocenters. The first-order valence-corrected chi connectivity index (χ1v) is 9.52. The highest BCUT2D eigenvalue weighted by atomic mass is 35.7. The predicted molar refractivity (Wildman–Crippen MR) is 84.0 cm³/mol. The van der Waals surface area contributed by atoms with Gasteiger partial charge in [0.15, 0.2) is 0 Å². The van der Waals surface area contributed by atoms with Crippen molar-refractivity contribution in [2.75, 3.05) is 12.4 Å². The first-order valence-electron chi connectivity index (χ1n) is 7.04. The minimum Gasteiger partial charge on any atom is -0.494 e. The Morgan fingerprint density at radius 1 is 1.20 bits per heavy atom. The van der Waals surface area contributed by atoms with Crippen LogP contribution in [0, 0.1) is 5.92 Å². The van der Waals surface area contributed by atoms with Crippen molar-refractivity contribution in [2.24, 2.45) is 5.92 Å². The molecule has 20 heavy (non-hydrogen) atoms. The maximum absolute atomic E-state index is 10.9. The molecule has 0 aliphatic rings. The number of hydrogen-bond acceptors (Lipinski definition) is 3. The fourth-order valence-electron chi connectivity index (χ4n) is 1.91. The van der Waals surface area contributed by atoms with Crippen LogP contribution in [0.25, 0.3) is 0 Å². The highest BCUT2D eigenvalue weighted by Crippen LogP contribution is 2.16. The van der Waals surface area contributed by atoms with E-state index >= 15 is 0 Å². The minimum absolute atomic E-state index is 0.0292. The van der Waals surface area contributed by atoms with E-state index in [1.807, 2.05) is 19.1 Å². The van der Waals surface area contributed by atoms with E-state index in [2.05, 4.69) is 19.1 Å². The highest BCUT2D eigenvalue weighted by molar-refractivity contribution is 8.13. The molecule has 0 aliphatic carbocycles. The number of ether oxygens (including phenoxy) is 1. The maximum atomic E-state index is 10.9. The largest absolute Gasteiger partial charge is 0.494 e. The molecule has 114 valence electrons. The van der Waals surface area contributed by atoms with Crippen LogP contribution in [0.5, 0.6) is 5.75 Å². The molecule has 0 N–H and O–H groups in total. The van der Waals surface area contributed by atoms with Gasteiger partial charge in [-0.2, -0.15) is 0 Å². The van der Waals surface area contributed by atoms with E-state index in [1.54, 1.807) is 0 Å². The summed E-state index contributed by atoms with van der Waals surface area (Å²) in [6.07, 6.45) is 3.62. The molecule has 0 heterocycles. The van der Waals surface area contributed by atoms with Crippen LogP contribution in [0.2, 0.25) is 0 Å². The molecule has 1 rings (SSSR count). The van der Waals surface area contributed by atoms with Crippen molar-refractivity contribution in [1.82, 2.24) is 0 Å². The first-order chi connectivity index (χ1) is 9.40. The Morgan fingerprint density at radius 2 is 1.85 bits per heavy atom. The average Bonchev–Trinajstić information content (AvgIpc) is 2.38. The molecule has 0 radical (unpaired) electrons. The summed E-state index contributed by atoms with van der Waals surface area (Å²) in [4.78, 5) is 0. The fraction of sp³-hybridized carbons (Fsp3) is 0.600. The van der Waals surface area contributed by atoms with Crippen molar-refractivity contribution in [3.8, 4) is 5.75 Å². The molecular formula is C15H23ClO3S. The van der Waals surface area contributed by atoms with Gasteiger partial charge in [0.2, 0.25) is 9.05 Å². The smallest absolute Gasteiger partial charge is 0.232 e. The Labute approximate surface area is 126 Å². The molecule has 0 spiro atoms. The van der Waals surface area contributed by atoms with Crippen molar-refractivity contribution >= 4 is 19.7 Å². The van der Waals surface area contributed by atoms with Crippen LogP contribution in [0.1, 0.15) is 38.7 Å². The van der Waals surface area contributed by atoms with Gasteiger partial charge in [0.05, 0.1) is 12.4 Å². The summed E-state index contributed by atoms with van der Waals surface area (Å²) < 4.78 is 27.4. The highest BCUT2D eigenvalue weighted by Gasteiger charge is 2.09. The third kappa shape index (κ3) is 7.75. The quantitative estimate of drug-likeness (QED) is 0.646. The second-order valence-electron chi connectivity index (χ2n) is 5.17. The van der Waals surface area contributed by atoms with Gasteiger partial charge in [-0.3, -0.25) is 0 Å². The lowest BCUT2D eigenvalue weighted by molar-refractivity contribution is 0.282. The minimum atomic E-state index is -3.38. The maximum Gasteiger partial charge on any atom is 0.232 e. The normalized spacial score (nSPS) is 13.2. The van der Waals surface area contributed by atoms with Crippen LogP contribution in [0.3, 0.4) is 0 Å². The average molecular weight is 319 g/mol. The predicted octanol–water partition coefficient (Wildman–Crippen LogP) is 4.00. The lowest BCUT2D eigenvalue weighted by atomic mass is 10.1. The van der Waals surface area contributed by atoms with Gasteiger partial charge >= 0.3 is 0 Å². The monoisotopic (exact) mass is 318 g/mol. The number of aryl methyl sites for hydroxylation is 1. The molecule has 0 fully saturated rings. The lowest BCUT2D eigenvalue weighted by Gasteiger charge is -2.11. The van der Waals surface area contributed by atoms with Gasteiger partial charge in [0, 0.05) is 10.7 Å². The zero-order valence-corrected chi connectivity index (χ0v) is 13.7. The van der Waals surface area contributed by atoms with E-state index in [9.17, 15) is 8.42 Å². The van der Waals surface area contributed by atoms with E-state index in [0.29, 0.717) is 13.0 Å². The first kappa shape index (κ1) is 17.3. The zero-order valence-electron chi connectivity index (χ0n) is 12.1. The summed E-state index contributed by atoms with van der Waals surface area (Å²) in [5.41, 5.74) is 1.32. The van der Waals surface area contributed by atoms with Crippen LogP contribution in [-0.4, -0.2) is 20.8 Å². The molecule has 1 aromatic rings. The van der Waals surface area contributed by atoms with E-state index in [1.165, 1.54) is 5.56 Å². The van der Waals surface area contributed by atoms with Crippen LogP contribution in [0.15, 0.2) is 24.3 Å². The van der Waals surface area contributed by atoms with Gasteiger partial charge in [-0.1, -0.05) is 32.4 Å². The summed E-state index contributed by atoms with van der Waals surface area (Å²) in [6, 6.07) is 8.14. The summed E-state index contributed by atoms with van der Waals surface area (Å²) in [5.74, 6) is 1.17. The number of rotatable bonds is 9. The van der Waals surface area contributed by atoms with Crippen molar-refractivity contribution in [1.29, 1.82) is 0 Å². The molecule has 0 aromatic heterocycles. The fourth-order valence-corrected chi connectivity index (χ4v) is 2.86. The van der Waals surface area contributed by atoms with Crippen LogP contribution in [0.4, 0.5) is 0 Å². The third-order valence-electron chi connectivity index (χ3n) is 3.20. The molecule has 1 aromatic carbocycles. The number of halogens is 1. The van der Waals surface area contributed by atoms with Crippen molar-refractivity contribution in [2.45, 2.75) is 39.5 Å². The van der Waals surface area contributed by atoms with Crippen LogP contribution in [-0.2, 0) is 15.5 Å². The molecule has 1 unspecified atom stereocenters. The van der Waals surface area contributed by atoms with E-state index < -0.39 is 9.05 Å². The van der Waals surface area contributed by atoms with Crippen molar-refractivity contribution in [3.05, 3.63) is 29.8 Å². The van der Waals surface area contributed by atoms with E-state index in [-0.39, 0.29) is 11.7 Å². The standard InChI is InChI=1S/C15H23ClO3S/c1-3-4-14-5-7-15(8-6-14)19-11-9-13(2)10-12-20(16,17)18/h5-8,13H,3-4,9-12H2,1-2H3. The van der Waals surface area contributed by atoms with Gasteiger partial charge in [0.25, 0.3) is 0 Å². The second-order valence-corrected chi connectivity index (χ2v) is 8.06. The molecular weight excluding hydrogens is 296 g/mol. The van der Waals surface area contributed by atoms with Gasteiger partial charge in [-0.25, -0.2) is 8.42 Å². The van der Waals surface area contributed by atoms with Crippen LogP contribution >= 0.6 is 10.7 Å². The molecule has 0 saturated heterocycles. The molecule has 3 nitrogen and oxygen atoms in total. The molecule has 0 bridgehead atoms. The summed E-state index contributed by atoms with van der Waals surface area (Å²) >= 11 is 0. The third-order valence-corrected chi connectivity index (χ3v) is 4.38. The van der Waals surface area contributed by atoms with E-state index in [4.69, 9.17) is 15.4 Å². The Balaban J connectivity index is 2.26. The number of benzene rings is 1. The molecule has 0 amide bonds.